The van der Waals surface area contributed by atoms with E-state index >= 15 is 0 Å². The zero-order chi connectivity index (χ0) is 17.8. The van der Waals surface area contributed by atoms with Crippen LogP contribution in [0.5, 0.6) is 0 Å². The first-order chi connectivity index (χ1) is 12.0. The minimum absolute atomic E-state index is 0.0565. The summed E-state index contributed by atoms with van der Waals surface area (Å²) < 4.78 is 0. The number of nitrogens with zero attached hydrogens (tertiary/aromatic N) is 2. The second-order valence-electron chi connectivity index (χ2n) is 7.65. The Balaban J connectivity index is 1.55. The molecule has 1 aromatic carbocycles. The number of hydrogen-bond acceptors (Lipinski definition) is 3. The van der Waals surface area contributed by atoms with Gasteiger partial charge in [0.2, 0.25) is 5.91 Å². The minimum Gasteiger partial charge on any atom is -0.369 e. The molecule has 0 aliphatic carbocycles. The van der Waals surface area contributed by atoms with Gasteiger partial charge in [-0.25, -0.2) is 0 Å². The molecule has 2 N–H and O–H groups in total. The number of carbonyl (C=O) groups excluding carboxylic acids is 2. The Morgan fingerprint density at radius 1 is 1.08 bits per heavy atom. The van der Waals surface area contributed by atoms with E-state index in [1.807, 2.05) is 17.0 Å². The van der Waals surface area contributed by atoms with Crippen LogP contribution < -0.4 is 5.73 Å². The lowest BCUT2D eigenvalue weighted by atomic mass is 9.95. The smallest absolute Gasteiger partial charge is 0.253 e. The molecule has 136 valence electrons. The maximum Gasteiger partial charge on any atom is 0.253 e. The minimum atomic E-state index is -0.247. The lowest BCUT2D eigenvalue weighted by molar-refractivity contribution is -0.123. The van der Waals surface area contributed by atoms with E-state index in [0.717, 1.165) is 24.6 Å². The van der Waals surface area contributed by atoms with Gasteiger partial charge in [0.05, 0.1) is 0 Å². The van der Waals surface area contributed by atoms with Gasteiger partial charge in [0.15, 0.2) is 0 Å². The first kappa shape index (κ1) is 17.9. The Hall–Kier alpha value is -1.88. The summed E-state index contributed by atoms with van der Waals surface area (Å²) in [6.07, 6.45) is 3.95. The number of carbonyl (C=O) groups is 2. The maximum absolute atomic E-state index is 12.6. The fourth-order valence-electron chi connectivity index (χ4n) is 3.99. The molecule has 0 spiro atoms. The molecule has 1 aromatic rings. The second-order valence-corrected chi connectivity index (χ2v) is 7.65. The highest BCUT2D eigenvalue weighted by Crippen LogP contribution is 2.20. The number of rotatable bonds is 4. The molecule has 2 amide bonds. The van der Waals surface area contributed by atoms with Crippen LogP contribution in [0.4, 0.5) is 0 Å². The van der Waals surface area contributed by atoms with Crippen molar-refractivity contribution in [3.8, 4) is 0 Å². The maximum atomic E-state index is 12.6. The van der Waals surface area contributed by atoms with Crippen LogP contribution in [0, 0.1) is 11.8 Å². The van der Waals surface area contributed by atoms with Crippen molar-refractivity contribution < 1.29 is 9.59 Å². The molecule has 1 unspecified atom stereocenters. The fraction of sp³-hybridized carbons (Fsp3) is 0.600. The predicted octanol–water partition coefficient (Wildman–Crippen LogP) is 2.26. The van der Waals surface area contributed by atoms with Gasteiger partial charge in [0.1, 0.15) is 0 Å². The average molecular weight is 343 g/mol. The highest BCUT2D eigenvalue weighted by atomic mass is 16.2. The van der Waals surface area contributed by atoms with Gasteiger partial charge in [-0.2, -0.15) is 0 Å². The number of amides is 2. The van der Waals surface area contributed by atoms with Crippen LogP contribution in [0.3, 0.4) is 0 Å². The van der Waals surface area contributed by atoms with Gasteiger partial charge >= 0.3 is 0 Å². The molecular weight excluding hydrogens is 314 g/mol. The van der Waals surface area contributed by atoms with Crippen molar-refractivity contribution >= 4 is 11.8 Å². The van der Waals surface area contributed by atoms with Gasteiger partial charge < -0.3 is 10.6 Å². The van der Waals surface area contributed by atoms with Gasteiger partial charge in [-0.15, -0.1) is 0 Å². The summed E-state index contributed by atoms with van der Waals surface area (Å²) in [4.78, 5) is 28.2. The Morgan fingerprint density at radius 2 is 1.76 bits per heavy atom. The van der Waals surface area contributed by atoms with E-state index in [1.165, 1.54) is 24.9 Å². The largest absolute Gasteiger partial charge is 0.369 e. The molecule has 0 bridgehead atoms. The highest BCUT2D eigenvalue weighted by Gasteiger charge is 2.26. The third-order valence-electron chi connectivity index (χ3n) is 5.53. The van der Waals surface area contributed by atoms with Crippen molar-refractivity contribution in [2.75, 3.05) is 26.2 Å². The normalized spacial score (nSPS) is 22.8. The Labute approximate surface area is 150 Å². The number of piperidine rings is 2. The fourth-order valence-corrected chi connectivity index (χ4v) is 3.99. The molecule has 25 heavy (non-hydrogen) atoms. The molecule has 1 atom stereocenters. The molecule has 0 saturated carbocycles. The SMILES string of the molecule is CC1CCCN(Cc2ccc(C(=O)N3CCC(C(N)=O)CC3)cc2)C1. The van der Waals surface area contributed by atoms with Crippen molar-refractivity contribution in [1.82, 2.24) is 9.80 Å². The Morgan fingerprint density at radius 3 is 2.36 bits per heavy atom. The van der Waals surface area contributed by atoms with E-state index < -0.39 is 0 Å². The lowest BCUT2D eigenvalue weighted by Crippen LogP contribution is -2.41. The van der Waals surface area contributed by atoms with Gasteiger partial charge in [-0.3, -0.25) is 14.5 Å². The second kappa shape index (κ2) is 8.00. The van der Waals surface area contributed by atoms with Crippen molar-refractivity contribution in [2.45, 2.75) is 39.2 Å². The number of benzene rings is 1. The number of hydrogen-bond donors (Lipinski definition) is 1. The summed E-state index contributed by atoms with van der Waals surface area (Å²) in [5.74, 6) is 0.501. The van der Waals surface area contributed by atoms with E-state index in [9.17, 15) is 9.59 Å². The number of likely N-dealkylation sites (tertiary alicyclic amines) is 2. The van der Waals surface area contributed by atoms with Gasteiger partial charge in [0, 0.05) is 37.7 Å². The van der Waals surface area contributed by atoms with Crippen LogP contribution in [0.2, 0.25) is 0 Å². The molecular formula is C20H29N3O2. The van der Waals surface area contributed by atoms with Crippen LogP contribution in [0.15, 0.2) is 24.3 Å². The van der Waals surface area contributed by atoms with Crippen molar-refractivity contribution in [3.63, 3.8) is 0 Å². The molecule has 2 heterocycles. The first-order valence-corrected chi connectivity index (χ1v) is 9.43. The predicted molar refractivity (Wildman–Crippen MR) is 97.9 cm³/mol. The van der Waals surface area contributed by atoms with Gasteiger partial charge in [-0.1, -0.05) is 19.1 Å². The zero-order valence-electron chi connectivity index (χ0n) is 15.1. The first-order valence-electron chi connectivity index (χ1n) is 9.43. The van der Waals surface area contributed by atoms with Crippen LogP contribution in [0.1, 0.15) is 48.5 Å². The van der Waals surface area contributed by atoms with Crippen molar-refractivity contribution in [3.05, 3.63) is 35.4 Å². The van der Waals surface area contributed by atoms with Crippen LogP contribution >= 0.6 is 0 Å². The van der Waals surface area contributed by atoms with Crippen LogP contribution in [-0.4, -0.2) is 47.8 Å². The quantitative estimate of drug-likeness (QED) is 0.912. The van der Waals surface area contributed by atoms with E-state index in [-0.39, 0.29) is 17.7 Å². The lowest BCUT2D eigenvalue weighted by Gasteiger charge is -2.31. The molecule has 0 radical (unpaired) electrons. The van der Waals surface area contributed by atoms with Gasteiger partial charge in [-0.05, 0) is 55.8 Å². The molecule has 2 aliphatic heterocycles. The third-order valence-corrected chi connectivity index (χ3v) is 5.53. The molecule has 5 nitrogen and oxygen atoms in total. The molecule has 2 fully saturated rings. The van der Waals surface area contributed by atoms with Gasteiger partial charge in [0.25, 0.3) is 5.91 Å². The third kappa shape index (κ3) is 4.60. The highest BCUT2D eigenvalue weighted by molar-refractivity contribution is 5.94. The van der Waals surface area contributed by atoms with Crippen molar-refractivity contribution in [1.29, 1.82) is 0 Å². The van der Waals surface area contributed by atoms with E-state index in [0.29, 0.717) is 25.9 Å². The van der Waals surface area contributed by atoms with E-state index in [2.05, 4.69) is 24.0 Å². The molecule has 2 saturated heterocycles. The summed E-state index contributed by atoms with van der Waals surface area (Å²) in [7, 11) is 0. The average Bonchev–Trinajstić information content (AvgIpc) is 2.62. The summed E-state index contributed by atoms with van der Waals surface area (Å²) >= 11 is 0. The number of nitrogens with two attached hydrogens (primary N) is 1. The topological polar surface area (TPSA) is 66.6 Å². The van der Waals surface area contributed by atoms with E-state index in [1.54, 1.807) is 0 Å². The summed E-state index contributed by atoms with van der Waals surface area (Å²) in [6.45, 7) is 6.83. The standard InChI is InChI=1S/C20H29N3O2/c1-15-3-2-10-22(13-15)14-16-4-6-18(7-5-16)20(25)23-11-8-17(9-12-23)19(21)24/h4-7,15,17H,2-3,8-14H2,1H3,(H2,21,24). The van der Waals surface area contributed by atoms with Crippen LogP contribution in [0.25, 0.3) is 0 Å². The molecule has 3 rings (SSSR count). The number of primary amides is 1. The van der Waals surface area contributed by atoms with Crippen molar-refractivity contribution in [2.24, 2.45) is 17.6 Å². The summed E-state index contributed by atoms with van der Waals surface area (Å²) in [5, 5.41) is 0. The molecule has 5 heteroatoms. The van der Waals surface area contributed by atoms with E-state index in [4.69, 9.17) is 5.73 Å². The molecule has 0 aromatic heterocycles. The molecule has 2 aliphatic rings. The van der Waals surface area contributed by atoms with Crippen LogP contribution in [-0.2, 0) is 11.3 Å². The monoisotopic (exact) mass is 343 g/mol. The zero-order valence-corrected chi connectivity index (χ0v) is 15.1. The summed E-state index contributed by atoms with van der Waals surface area (Å²) in [5.41, 5.74) is 7.35. The Kier molecular flexibility index (Phi) is 5.74. The summed E-state index contributed by atoms with van der Waals surface area (Å²) in [6, 6.07) is 8.02. The Bertz CT molecular complexity index is 606.